The number of nitrogens with one attached hydrogen (secondary N) is 1. The number of hydrogen-bond donors (Lipinski definition) is 1. The van der Waals surface area contributed by atoms with Crippen LogP contribution in [0.15, 0.2) is 59.0 Å². The van der Waals surface area contributed by atoms with E-state index in [-0.39, 0.29) is 11.6 Å². The number of sulfonamides is 1. The van der Waals surface area contributed by atoms with Crippen LogP contribution >= 0.6 is 0 Å². The van der Waals surface area contributed by atoms with Crippen LogP contribution in [0.4, 0.5) is 0 Å². The van der Waals surface area contributed by atoms with E-state index < -0.39 is 16.1 Å². The zero-order chi connectivity index (χ0) is 18.6. The van der Waals surface area contributed by atoms with Crippen LogP contribution in [0, 0.1) is 13.8 Å². The first-order valence-electron chi connectivity index (χ1n) is 8.31. The summed E-state index contributed by atoms with van der Waals surface area (Å²) in [5.74, 6) is 0.556. The molecule has 1 heterocycles. The Balaban J connectivity index is 1.81. The van der Waals surface area contributed by atoms with Crippen LogP contribution in [0.3, 0.4) is 0 Å². The Kier molecular flexibility index (Phi) is 5.49. The molecule has 3 rings (SSSR count). The lowest BCUT2D eigenvalue weighted by Gasteiger charge is -2.16. The van der Waals surface area contributed by atoms with E-state index in [1.807, 2.05) is 61.5 Å². The molecule has 0 spiro atoms. The standard InChI is InChI=1S/C19H21N3O3S/c1-14-8-10-17(11-9-14)13-26(23,24)22-18(19-21-20-15(2)25-19)12-16-6-4-3-5-7-16/h3-11,18,22H,12-13H2,1-2H3. The Hall–Kier alpha value is -2.51. The monoisotopic (exact) mass is 371 g/mol. The maximum Gasteiger partial charge on any atom is 0.234 e. The van der Waals surface area contributed by atoms with Gasteiger partial charge in [-0.1, -0.05) is 60.2 Å². The first-order chi connectivity index (χ1) is 12.4. The Morgan fingerprint density at radius 2 is 1.65 bits per heavy atom. The molecule has 0 aliphatic rings. The van der Waals surface area contributed by atoms with Gasteiger partial charge in [0.15, 0.2) is 0 Å². The molecule has 136 valence electrons. The summed E-state index contributed by atoms with van der Waals surface area (Å²) < 4.78 is 33.5. The maximum atomic E-state index is 12.7. The Bertz CT molecular complexity index is 951. The number of aryl methyl sites for hydroxylation is 2. The summed E-state index contributed by atoms with van der Waals surface area (Å²) in [6.07, 6.45) is 0.426. The van der Waals surface area contributed by atoms with Gasteiger partial charge in [-0.25, -0.2) is 13.1 Å². The highest BCUT2D eigenvalue weighted by Crippen LogP contribution is 2.19. The predicted molar refractivity (Wildman–Crippen MR) is 98.9 cm³/mol. The molecule has 26 heavy (non-hydrogen) atoms. The van der Waals surface area contributed by atoms with Gasteiger partial charge < -0.3 is 4.42 Å². The molecule has 0 fully saturated rings. The summed E-state index contributed by atoms with van der Waals surface area (Å²) >= 11 is 0. The van der Waals surface area contributed by atoms with Crippen LogP contribution in [0.1, 0.15) is 34.5 Å². The van der Waals surface area contributed by atoms with Crippen molar-refractivity contribution in [3.63, 3.8) is 0 Å². The summed E-state index contributed by atoms with van der Waals surface area (Å²) in [7, 11) is -3.58. The fraction of sp³-hybridized carbons (Fsp3) is 0.263. The summed E-state index contributed by atoms with van der Waals surface area (Å²) in [4.78, 5) is 0. The molecular formula is C19H21N3O3S. The maximum absolute atomic E-state index is 12.7. The van der Waals surface area contributed by atoms with Gasteiger partial charge in [0.1, 0.15) is 6.04 Å². The van der Waals surface area contributed by atoms with E-state index in [2.05, 4.69) is 14.9 Å². The van der Waals surface area contributed by atoms with Crippen LogP contribution in [-0.4, -0.2) is 18.6 Å². The van der Waals surface area contributed by atoms with E-state index in [1.165, 1.54) is 0 Å². The Morgan fingerprint density at radius 1 is 0.962 bits per heavy atom. The molecule has 6 nitrogen and oxygen atoms in total. The van der Waals surface area contributed by atoms with E-state index in [4.69, 9.17) is 4.42 Å². The lowest BCUT2D eigenvalue weighted by molar-refractivity contribution is 0.411. The highest BCUT2D eigenvalue weighted by atomic mass is 32.2. The molecule has 1 atom stereocenters. The Labute approximate surface area is 153 Å². The molecule has 0 bridgehead atoms. The lowest BCUT2D eigenvalue weighted by atomic mass is 10.1. The number of benzene rings is 2. The minimum atomic E-state index is -3.58. The van der Waals surface area contributed by atoms with Crippen LogP contribution in [-0.2, 0) is 22.2 Å². The summed E-state index contributed by atoms with van der Waals surface area (Å²) in [6, 6.07) is 16.4. The second kappa shape index (κ2) is 7.80. The summed E-state index contributed by atoms with van der Waals surface area (Å²) in [5, 5.41) is 7.82. The van der Waals surface area contributed by atoms with E-state index in [0.29, 0.717) is 12.3 Å². The van der Waals surface area contributed by atoms with E-state index in [0.717, 1.165) is 16.7 Å². The quantitative estimate of drug-likeness (QED) is 0.690. The second-order valence-corrected chi connectivity index (χ2v) is 8.02. The fourth-order valence-corrected chi connectivity index (χ4v) is 3.98. The topological polar surface area (TPSA) is 85.1 Å². The third-order valence-electron chi connectivity index (χ3n) is 3.92. The first kappa shape index (κ1) is 18.3. The van der Waals surface area contributed by atoms with Gasteiger partial charge in [-0.15, -0.1) is 10.2 Å². The molecule has 7 heteroatoms. The van der Waals surface area contributed by atoms with Crippen molar-refractivity contribution < 1.29 is 12.8 Å². The summed E-state index contributed by atoms with van der Waals surface area (Å²) in [5.41, 5.74) is 2.79. The largest absolute Gasteiger partial charge is 0.424 e. The molecule has 1 unspecified atom stereocenters. The van der Waals surface area contributed by atoms with Gasteiger partial charge in [0.25, 0.3) is 0 Å². The van der Waals surface area contributed by atoms with Crippen LogP contribution in [0.5, 0.6) is 0 Å². The highest BCUT2D eigenvalue weighted by Gasteiger charge is 2.24. The molecule has 0 amide bonds. The molecule has 1 N–H and O–H groups in total. The van der Waals surface area contributed by atoms with Crippen molar-refractivity contribution in [3.05, 3.63) is 83.1 Å². The van der Waals surface area contributed by atoms with Crippen LogP contribution < -0.4 is 4.72 Å². The zero-order valence-corrected chi connectivity index (χ0v) is 15.5. The van der Waals surface area contributed by atoms with Gasteiger partial charge in [0, 0.05) is 6.92 Å². The third-order valence-corrected chi connectivity index (χ3v) is 5.28. The van der Waals surface area contributed by atoms with Crippen molar-refractivity contribution in [1.82, 2.24) is 14.9 Å². The number of hydrogen-bond acceptors (Lipinski definition) is 5. The van der Waals surface area contributed by atoms with E-state index in [1.54, 1.807) is 6.92 Å². The minimum Gasteiger partial charge on any atom is -0.424 e. The SMILES string of the molecule is Cc1ccc(CS(=O)(=O)NC(Cc2ccccc2)c2nnc(C)o2)cc1. The molecule has 0 aliphatic heterocycles. The highest BCUT2D eigenvalue weighted by molar-refractivity contribution is 7.88. The molecule has 0 aliphatic carbocycles. The molecule has 0 saturated heterocycles. The van der Waals surface area contributed by atoms with Gasteiger partial charge in [-0.05, 0) is 24.5 Å². The Morgan fingerprint density at radius 3 is 2.27 bits per heavy atom. The predicted octanol–water partition coefficient (Wildman–Crippen LogP) is 3.09. The smallest absolute Gasteiger partial charge is 0.234 e. The van der Waals surface area contributed by atoms with Gasteiger partial charge in [0.2, 0.25) is 21.8 Å². The molecule has 2 aromatic carbocycles. The van der Waals surface area contributed by atoms with Crippen molar-refractivity contribution in [3.8, 4) is 0 Å². The molecule has 0 radical (unpaired) electrons. The molecular weight excluding hydrogens is 350 g/mol. The zero-order valence-electron chi connectivity index (χ0n) is 14.7. The lowest BCUT2D eigenvalue weighted by Crippen LogP contribution is -2.31. The fourth-order valence-electron chi connectivity index (χ4n) is 2.64. The number of nitrogens with zero attached hydrogens (tertiary/aromatic N) is 2. The van der Waals surface area contributed by atoms with Crippen molar-refractivity contribution >= 4 is 10.0 Å². The average Bonchev–Trinajstić information content (AvgIpc) is 3.03. The molecule has 0 saturated carbocycles. The van der Waals surface area contributed by atoms with Gasteiger partial charge in [-0.3, -0.25) is 0 Å². The average molecular weight is 371 g/mol. The van der Waals surface area contributed by atoms with E-state index >= 15 is 0 Å². The van der Waals surface area contributed by atoms with Crippen LogP contribution in [0.25, 0.3) is 0 Å². The normalized spacial score (nSPS) is 12.8. The second-order valence-electron chi connectivity index (χ2n) is 6.26. The first-order valence-corrected chi connectivity index (χ1v) is 9.96. The molecule has 3 aromatic rings. The van der Waals surface area contributed by atoms with Gasteiger partial charge in [0.05, 0.1) is 5.75 Å². The van der Waals surface area contributed by atoms with Crippen molar-refractivity contribution in [2.45, 2.75) is 32.1 Å². The van der Waals surface area contributed by atoms with Crippen molar-refractivity contribution in [2.24, 2.45) is 0 Å². The number of rotatable bonds is 7. The minimum absolute atomic E-state index is 0.105. The van der Waals surface area contributed by atoms with Gasteiger partial charge >= 0.3 is 0 Å². The number of aromatic nitrogens is 2. The molecule has 1 aromatic heterocycles. The third kappa shape index (κ3) is 5.00. The van der Waals surface area contributed by atoms with Crippen LogP contribution in [0.2, 0.25) is 0 Å². The van der Waals surface area contributed by atoms with Gasteiger partial charge in [-0.2, -0.15) is 0 Å². The summed E-state index contributed by atoms with van der Waals surface area (Å²) in [6.45, 7) is 3.64. The van der Waals surface area contributed by atoms with E-state index in [9.17, 15) is 8.42 Å². The van der Waals surface area contributed by atoms with Crippen molar-refractivity contribution in [2.75, 3.05) is 0 Å². The van der Waals surface area contributed by atoms with Crippen molar-refractivity contribution in [1.29, 1.82) is 0 Å².